The summed E-state index contributed by atoms with van der Waals surface area (Å²) in [5.41, 5.74) is 2.27. The molecule has 0 radical (unpaired) electrons. The van der Waals surface area contributed by atoms with Gasteiger partial charge < -0.3 is 14.9 Å². The van der Waals surface area contributed by atoms with Crippen LogP contribution in [0.5, 0.6) is 5.75 Å². The third-order valence-electron chi connectivity index (χ3n) is 6.75. The number of halogens is 3. The second-order valence-electron chi connectivity index (χ2n) is 9.09. The van der Waals surface area contributed by atoms with E-state index in [1.165, 1.54) is 60.6 Å². The van der Waals surface area contributed by atoms with Gasteiger partial charge in [-0.1, -0.05) is 24.3 Å². The minimum Gasteiger partial charge on any atom is -0.497 e. The average Bonchev–Trinajstić information content (AvgIpc) is 3.53. The highest BCUT2D eigenvalue weighted by Crippen LogP contribution is 2.58. The number of aromatic carboxylic acids is 1. The van der Waals surface area contributed by atoms with Crippen molar-refractivity contribution in [1.29, 1.82) is 0 Å². The van der Waals surface area contributed by atoms with Crippen molar-refractivity contribution in [2.24, 2.45) is 0 Å². The van der Waals surface area contributed by atoms with Crippen molar-refractivity contribution in [2.45, 2.75) is 24.7 Å². The number of carboxylic acid groups (broad SMARTS) is 1. The number of benzene rings is 2. The van der Waals surface area contributed by atoms with Crippen LogP contribution >= 0.6 is 0 Å². The van der Waals surface area contributed by atoms with E-state index in [1.54, 1.807) is 19.1 Å². The molecule has 4 N–H and O–H groups in total. The Balaban J connectivity index is 1.47. The Morgan fingerprint density at radius 3 is 2.48 bits per heavy atom. The number of carboxylic acids is 1. The van der Waals surface area contributed by atoms with E-state index < -0.39 is 29.7 Å². The number of methoxy groups -OCH3 is 1. The van der Waals surface area contributed by atoms with Crippen molar-refractivity contribution in [2.75, 3.05) is 12.5 Å². The number of ether oxygens (including phenoxy) is 1. The highest BCUT2D eigenvalue weighted by atomic mass is 19.4. The molecule has 2 heterocycles. The molecule has 2 aromatic heterocycles. The van der Waals surface area contributed by atoms with E-state index in [-0.39, 0.29) is 39.4 Å². The lowest BCUT2D eigenvalue weighted by molar-refractivity contribution is -0.246. The average molecular weight is 553 g/mol. The van der Waals surface area contributed by atoms with Gasteiger partial charge in [0.2, 0.25) is 5.60 Å². The van der Waals surface area contributed by atoms with Crippen molar-refractivity contribution >= 4 is 17.7 Å². The fraction of sp³-hybridized carbons (Fsp3) is 0.185. The predicted molar refractivity (Wildman–Crippen MR) is 136 cm³/mol. The number of hydrogen-bond donors (Lipinski definition) is 4. The number of alkyl halides is 3. The maximum absolute atomic E-state index is 14.3. The molecule has 1 aliphatic rings. The summed E-state index contributed by atoms with van der Waals surface area (Å²) in [5, 5.41) is 24.3. The lowest BCUT2D eigenvalue weighted by Crippen LogP contribution is -2.41. The quantitative estimate of drug-likeness (QED) is 0.251. The molecule has 2 unspecified atom stereocenters. The molecule has 0 fully saturated rings. The third kappa shape index (κ3) is 4.29. The standard InChI is InChI=1S/C27H22F3N5O5/c1-14(24(36)34-33-22-8-7-15(11-31-22)25(37)38)35-13-16(12-32-35)19-9-17(40-2)10-21-23(19)18-5-3-4-6-20(18)26(21,39)27(28,29)30/h3-14,39H,1-2H3,(H,31,33)(H,34,36)(H,37,38). The lowest BCUT2D eigenvalue weighted by Gasteiger charge is -2.28. The number of hydrazine groups is 1. The number of carbonyl (C=O) groups excluding carboxylic acids is 1. The molecule has 0 saturated carbocycles. The number of amides is 1. The van der Waals surface area contributed by atoms with E-state index >= 15 is 0 Å². The van der Waals surface area contributed by atoms with E-state index in [4.69, 9.17) is 9.84 Å². The zero-order chi connectivity index (χ0) is 28.8. The molecule has 0 spiro atoms. The van der Waals surface area contributed by atoms with Crippen LogP contribution in [0.2, 0.25) is 0 Å². The summed E-state index contributed by atoms with van der Waals surface area (Å²) in [4.78, 5) is 27.6. The van der Waals surface area contributed by atoms with Gasteiger partial charge in [-0.3, -0.25) is 20.3 Å². The van der Waals surface area contributed by atoms with E-state index in [0.29, 0.717) is 11.1 Å². The normalized spacial score (nSPS) is 16.6. The fourth-order valence-corrected chi connectivity index (χ4v) is 4.64. The minimum absolute atomic E-state index is 0.0189. The highest BCUT2D eigenvalue weighted by Gasteiger charge is 2.61. The summed E-state index contributed by atoms with van der Waals surface area (Å²) < 4.78 is 49.6. The van der Waals surface area contributed by atoms with Crippen molar-refractivity contribution in [3.63, 3.8) is 0 Å². The van der Waals surface area contributed by atoms with Crippen LogP contribution in [0.4, 0.5) is 19.0 Å². The van der Waals surface area contributed by atoms with Crippen molar-refractivity contribution in [1.82, 2.24) is 20.2 Å². The number of fused-ring (bicyclic) bond motifs is 3. The fourth-order valence-electron chi connectivity index (χ4n) is 4.64. The summed E-state index contributed by atoms with van der Waals surface area (Å²) in [7, 11) is 1.31. The van der Waals surface area contributed by atoms with Gasteiger partial charge in [-0.25, -0.2) is 9.78 Å². The predicted octanol–water partition coefficient (Wildman–Crippen LogP) is 4.13. The van der Waals surface area contributed by atoms with E-state index in [9.17, 15) is 27.9 Å². The number of nitrogens with zero attached hydrogens (tertiary/aromatic N) is 3. The topological polar surface area (TPSA) is 139 Å². The zero-order valence-corrected chi connectivity index (χ0v) is 21.0. The largest absolute Gasteiger partial charge is 0.497 e. The van der Waals surface area contributed by atoms with E-state index in [1.807, 2.05) is 0 Å². The van der Waals surface area contributed by atoms with Crippen LogP contribution in [-0.2, 0) is 10.4 Å². The molecule has 2 aromatic carbocycles. The summed E-state index contributed by atoms with van der Waals surface area (Å²) in [6, 6.07) is 10.3. The summed E-state index contributed by atoms with van der Waals surface area (Å²) in [6.07, 6.45) is -0.964. The summed E-state index contributed by atoms with van der Waals surface area (Å²) >= 11 is 0. The molecule has 40 heavy (non-hydrogen) atoms. The molecule has 1 aliphatic carbocycles. The number of aliphatic hydroxyl groups is 1. The Morgan fingerprint density at radius 2 is 1.82 bits per heavy atom. The molecule has 10 nitrogen and oxygen atoms in total. The van der Waals surface area contributed by atoms with Crippen LogP contribution in [-0.4, -0.2) is 50.1 Å². The van der Waals surface area contributed by atoms with Crippen LogP contribution < -0.4 is 15.6 Å². The van der Waals surface area contributed by atoms with Crippen molar-refractivity contribution in [3.05, 3.63) is 83.8 Å². The van der Waals surface area contributed by atoms with Gasteiger partial charge in [-0.05, 0) is 47.9 Å². The maximum Gasteiger partial charge on any atom is 0.425 e. The number of rotatable bonds is 7. The Hall–Kier alpha value is -4.91. The first-order chi connectivity index (χ1) is 19.0. The van der Waals surface area contributed by atoms with Crippen LogP contribution in [0.25, 0.3) is 22.3 Å². The van der Waals surface area contributed by atoms with Gasteiger partial charge >= 0.3 is 12.1 Å². The molecule has 0 bridgehead atoms. The van der Waals surface area contributed by atoms with Crippen LogP contribution in [0.1, 0.15) is 34.5 Å². The Kier molecular flexibility index (Phi) is 6.46. The van der Waals surface area contributed by atoms with Gasteiger partial charge in [0.15, 0.2) is 0 Å². The molecule has 0 saturated heterocycles. The number of aromatic nitrogens is 3. The molecule has 0 aliphatic heterocycles. The SMILES string of the molecule is COc1cc(-c2cnn(C(C)C(=O)NNc3ccc(C(=O)O)cn3)c2)c2c(c1)C(O)(C(F)(F)F)c1ccccc1-2. The maximum atomic E-state index is 14.3. The van der Waals surface area contributed by atoms with Crippen LogP contribution in [0.3, 0.4) is 0 Å². The van der Waals surface area contributed by atoms with E-state index in [2.05, 4.69) is 20.9 Å². The Bertz CT molecular complexity index is 1620. The number of pyridine rings is 1. The van der Waals surface area contributed by atoms with Gasteiger partial charge in [-0.2, -0.15) is 18.3 Å². The first kappa shape index (κ1) is 26.7. The molecular formula is C27H22F3N5O5. The van der Waals surface area contributed by atoms with Crippen LogP contribution in [0.15, 0.2) is 67.1 Å². The summed E-state index contributed by atoms with van der Waals surface area (Å²) in [6.45, 7) is 1.56. The van der Waals surface area contributed by atoms with Crippen LogP contribution in [0, 0.1) is 0 Å². The number of carbonyl (C=O) groups is 2. The van der Waals surface area contributed by atoms with E-state index in [0.717, 1.165) is 6.20 Å². The van der Waals surface area contributed by atoms with Gasteiger partial charge in [0.05, 0.1) is 18.9 Å². The third-order valence-corrected chi connectivity index (χ3v) is 6.75. The zero-order valence-electron chi connectivity index (χ0n) is 21.0. The Labute approximate surface area is 225 Å². The van der Waals surface area contributed by atoms with Crippen molar-refractivity contribution in [3.8, 4) is 28.0 Å². The lowest BCUT2D eigenvalue weighted by atomic mass is 9.89. The monoisotopic (exact) mass is 553 g/mol. The Morgan fingerprint density at radius 1 is 1.07 bits per heavy atom. The minimum atomic E-state index is -5.01. The van der Waals surface area contributed by atoms with Gasteiger partial charge in [0.25, 0.3) is 5.91 Å². The number of hydrogen-bond acceptors (Lipinski definition) is 7. The van der Waals surface area contributed by atoms with Gasteiger partial charge in [0.1, 0.15) is 17.6 Å². The number of nitrogens with one attached hydrogen (secondary N) is 2. The smallest absolute Gasteiger partial charge is 0.425 e. The summed E-state index contributed by atoms with van der Waals surface area (Å²) in [5.74, 6) is -1.35. The molecule has 13 heteroatoms. The molecule has 4 aromatic rings. The molecule has 1 amide bonds. The number of anilines is 1. The second-order valence-corrected chi connectivity index (χ2v) is 9.09. The molecule has 206 valence electrons. The first-order valence-electron chi connectivity index (χ1n) is 11.9. The molecule has 2 atom stereocenters. The van der Waals surface area contributed by atoms with Gasteiger partial charge in [0, 0.05) is 29.1 Å². The molecular weight excluding hydrogens is 531 g/mol. The second kappa shape index (κ2) is 9.68. The van der Waals surface area contributed by atoms with Crippen molar-refractivity contribution < 1.29 is 37.7 Å². The first-order valence-corrected chi connectivity index (χ1v) is 11.9. The van der Waals surface area contributed by atoms with Gasteiger partial charge in [-0.15, -0.1) is 0 Å². The molecule has 5 rings (SSSR count). The highest BCUT2D eigenvalue weighted by molar-refractivity contribution is 5.93.